The number of rotatable bonds is 4. The molecular weight excluding hydrogens is 254 g/mol. The highest BCUT2D eigenvalue weighted by Gasteiger charge is 2.17. The number of amides is 1. The number of nitrogens with one attached hydrogen (secondary N) is 1. The zero-order valence-corrected chi connectivity index (χ0v) is 11.6. The Morgan fingerprint density at radius 3 is 2.90 bits per heavy atom. The molecule has 1 saturated heterocycles. The van der Waals surface area contributed by atoms with Gasteiger partial charge in [0.2, 0.25) is 5.91 Å². The van der Waals surface area contributed by atoms with E-state index in [-0.39, 0.29) is 12.0 Å². The lowest BCUT2D eigenvalue weighted by Gasteiger charge is -2.30. The largest absolute Gasteiger partial charge is 0.376 e. The summed E-state index contributed by atoms with van der Waals surface area (Å²) in [7, 11) is 0. The molecule has 5 nitrogen and oxygen atoms in total. The third-order valence-corrected chi connectivity index (χ3v) is 3.28. The minimum atomic E-state index is -0.00569. The molecule has 5 heteroatoms. The highest BCUT2D eigenvalue weighted by atomic mass is 16.5. The van der Waals surface area contributed by atoms with Crippen molar-refractivity contribution in [1.29, 1.82) is 5.26 Å². The molecule has 20 heavy (non-hydrogen) atoms. The number of nitriles is 1. The molecule has 1 aliphatic rings. The first-order valence-corrected chi connectivity index (χ1v) is 6.81. The van der Waals surface area contributed by atoms with Crippen LogP contribution in [0.15, 0.2) is 24.3 Å². The van der Waals surface area contributed by atoms with Crippen molar-refractivity contribution >= 4 is 11.6 Å². The van der Waals surface area contributed by atoms with E-state index in [0.29, 0.717) is 12.0 Å². The molecule has 1 fully saturated rings. The first kappa shape index (κ1) is 14.5. The average Bonchev–Trinajstić information content (AvgIpc) is 2.46. The number of benzene rings is 1. The Morgan fingerprint density at radius 1 is 1.50 bits per heavy atom. The first-order chi connectivity index (χ1) is 9.67. The topological polar surface area (TPSA) is 65.4 Å². The quantitative estimate of drug-likeness (QED) is 0.905. The second kappa shape index (κ2) is 7.04. The van der Waals surface area contributed by atoms with Crippen LogP contribution in [0.5, 0.6) is 0 Å². The molecule has 1 aromatic rings. The number of hydrogen-bond acceptors (Lipinski definition) is 4. The van der Waals surface area contributed by atoms with E-state index >= 15 is 0 Å². The minimum Gasteiger partial charge on any atom is -0.376 e. The van der Waals surface area contributed by atoms with Crippen LogP contribution in [0.2, 0.25) is 0 Å². The Labute approximate surface area is 119 Å². The summed E-state index contributed by atoms with van der Waals surface area (Å²) in [6, 6.07) is 8.92. The number of anilines is 1. The van der Waals surface area contributed by atoms with E-state index in [1.54, 1.807) is 24.3 Å². The Bertz CT molecular complexity index is 493. The van der Waals surface area contributed by atoms with Gasteiger partial charge in [-0.2, -0.15) is 5.26 Å². The Kier molecular flexibility index (Phi) is 5.10. The lowest BCUT2D eigenvalue weighted by Crippen LogP contribution is -2.42. The highest BCUT2D eigenvalue weighted by molar-refractivity contribution is 5.90. The van der Waals surface area contributed by atoms with Crippen LogP contribution in [0.1, 0.15) is 18.9 Å². The van der Waals surface area contributed by atoms with Gasteiger partial charge in [0.1, 0.15) is 0 Å². The molecule has 0 aliphatic carbocycles. The van der Waals surface area contributed by atoms with E-state index in [1.807, 2.05) is 13.0 Å². The maximum Gasteiger partial charge on any atom is 0.225 e. The summed E-state index contributed by atoms with van der Waals surface area (Å²) in [5.41, 5.74) is 1.31. The normalized spacial score (nSPS) is 19.3. The van der Waals surface area contributed by atoms with E-state index in [1.165, 1.54) is 0 Å². The molecular formula is C15H19N3O2. The molecule has 0 radical (unpaired) electrons. The molecule has 1 heterocycles. The van der Waals surface area contributed by atoms with Crippen LogP contribution in [0.4, 0.5) is 5.69 Å². The molecule has 0 saturated carbocycles. The van der Waals surface area contributed by atoms with Gasteiger partial charge >= 0.3 is 0 Å². The van der Waals surface area contributed by atoms with Crippen LogP contribution in [-0.4, -0.2) is 43.2 Å². The van der Waals surface area contributed by atoms with Crippen LogP contribution < -0.4 is 5.32 Å². The molecule has 1 N–H and O–H groups in total. The Balaban J connectivity index is 1.76. The molecule has 1 aliphatic heterocycles. The predicted octanol–water partition coefficient (Wildman–Crippen LogP) is 1.61. The zero-order chi connectivity index (χ0) is 14.4. The van der Waals surface area contributed by atoms with Gasteiger partial charge in [0, 0.05) is 31.7 Å². The molecule has 1 amide bonds. The maximum atomic E-state index is 11.9. The highest BCUT2D eigenvalue weighted by Crippen LogP contribution is 2.10. The van der Waals surface area contributed by atoms with Gasteiger partial charge in [0.05, 0.1) is 24.3 Å². The number of ether oxygens (including phenoxy) is 1. The number of hydrogen-bond donors (Lipinski definition) is 1. The van der Waals surface area contributed by atoms with Crippen molar-refractivity contribution in [2.45, 2.75) is 19.4 Å². The van der Waals surface area contributed by atoms with Crippen molar-refractivity contribution in [2.75, 3.05) is 31.6 Å². The summed E-state index contributed by atoms with van der Waals surface area (Å²) in [6.07, 6.45) is 0.706. The molecule has 1 unspecified atom stereocenters. The summed E-state index contributed by atoms with van der Waals surface area (Å²) < 4.78 is 5.46. The number of nitrogens with zero attached hydrogens (tertiary/aromatic N) is 2. The van der Waals surface area contributed by atoms with Crippen LogP contribution in [0, 0.1) is 11.3 Å². The molecule has 106 valence electrons. The van der Waals surface area contributed by atoms with E-state index < -0.39 is 0 Å². The van der Waals surface area contributed by atoms with Crippen molar-refractivity contribution in [3.8, 4) is 6.07 Å². The van der Waals surface area contributed by atoms with Crippen LogP contribution in [0.3, 0.4) is 0 Å². The second-order valence-corrected chi connectivity index (χ2v) is 4.97. The van der Waals surface area contributed by atoms with Crippen molar-refractivity contribution in [3.63, 3.8) is 0 Å². The molecule has 0 aromatic heterocycles. The Hall–Kier alpha value is -1.90. The summed E-state index contributed by atoms with van der Waals surface area (Å²) >= 11 is 0. The smallest absolute Gasteiger partial charge is 0.225 e. The predicted molar refractivity (Wildman–Crippen MR) is 76.3 cm³/mol. The monoisotopic (exact) mass is 273 g/mol. The maximum absolute atomic E-state index is 11.9. The van der Waals surface area contributed by atoms with Gasteiger partial charge in [0.15, 0.2) is 0 Å². The summed E-state index contributed by atoms with van der Waals surface area (Å²) in [5.74, 6) is -0.00569. The third-order valence-electron chi connectivity index (χ3n) is 3.28. The average molecular weight is 273 g/mol. The van der Waals surface area contributed by atoms with Gasteiger partial charge in [-0.15, -0.1) is 0 Å². The summed E-state index contributed by atoms with van der Waals surface area (Å²) in [5, 5.41) is 11.5. The van der Waals surface area contributed by atoms with Gasteiger partial charge in [-0.1, -0.05) is 0 Å². The summed E-state index contributed by atoms with van der Waals surface area (Å²) in [4.78, 5) is 14.1. The van der Waals surface area contributed by atoms with Gasteiger partial charge < -0.3 is 10.1 Å². The minimum absolute atomic E-state index is 0.00569. The van der Waals surface area contributed by atoms with Crippen molar-refractivity contribution in [2.24, 2.45) is 0 Å². The molecule has 1 atom stereocenters. The standard InChI is InChI=1S/C15H19N3O2/c1-12-11-18(8-9-20-12)7-6-15(19)17-14-4-2-13(10-16)3-5-14/h2-5,12H,6-9,11H2,1H3,(H,17,19). The lowest BCUT2D eigenvalue weighted by molar-refractivity contribution is -0.117. The van der Waals surface area contributed by atoms with Gasteiger partial charge in [0.25, 0.3) is 0 Å². The van der Waals surface area contributed by atoms with E-state index in [4.69, 9.17) is 10.00 Å². The zero-order valence-electron chi connectivity index (χ0n) is 11.6. The SMILES string of the molecule is CC1CN(CCC(=O)Nc2ccc(C#N)cc2)CCO1. The number of carbonyl (C=O) groups is 1. The van der Waals surface area contributed by atoms with Crippen molar-refractivity contribution in [3.05, 3.63) is 29.8 Å². The van der Waals surface area contributed by atoms with E-state index in [2.05, 4.69) is 10.2 Å². The third kappa shape index (κ3) is 4.34. The van der Waals surface area contributed by atoms with E-state index in [0.717, 1.165) is 31.9 Å². The summed E-state index contributed by atoms with van der Waals surface area (Å²) in [6.45, 7) is 5.29. The van der Waals surface area contributed by atoms with Crippen molar-refractivity contribution < 1.29 is 9.53 Å². The molecule has 0 bridgehead atoms. The lowest BCUT2D eigenvalue weighted by atomic mass is 10.2. The molecule has 0 spiro atoms. The fourth-order valence-electron chi connectivity index (χ4n) is 2.20. The van der Waals surface area contributed by atoms with Crippen LogP contribution >= 0.6 is 0 Å². The van der Waals surface area contributed by atoms with Gasteiger partial charge in [-0.05, 0) is 31.2 Å². The fraction of sp³-hybridized carbons (Fsp3) is 0.467. The van der Waals surface area contributed by atoms with Crippen LogP contribution in [-0.2, 0) is 9.53 Å². The second-order valence-electron chi connectivity index (χ2n) is 4.97. The van der Waals surface area contributed by atoms with Gasteiger partial charge in [-0.3, -0.25) is 9.69 Å². The number of morpholine rings is 1. The number of carbonyl (C=O) groups excluding carboxylic acids is 1. The molecule has 1 aromatic carbocycles. The first-order valence-electron chi connectivity index (χ1n) is 6.81. The van der Waals surface area contributed by atoms with Crippen LogP contribution in [0.25, 0.3) is 0 Å². The fourth-order valence-corrected chi connectivity index (χ4v) is 2.20. The molecule has 2 rings (SSSR count). The van der Waals surface area contributed by atoms with E-state index in [9.17, 15) is 4.79 Å². The van der Waals surface area contributed by atoms with Crippen molar-refractivity contribution in [1.82, 2.24) is 4.90 Å². The Morgan fingerprint density at radius 2 is 2.25 bits per heavy atom. The van der Waals surface area contributed by atoms with Gasteiger partial charge in [-0.25, -0.2) is 0 Å².